The highest BCUT2D eigenvalue weighted by molar-refractivity contribution is 6.57. The summed E-state index contributed by atoms with van der Waals surface area (Å²) in [5, 5.41) is 0.0834. The molecule has 0 N–H and O–H groups in total. The van der Waals surface area contributed by atoms with Crippen molar-refractivity contribution in [3.8, 4) is 0 Å². The van der Waals surface area contributed by atoms with Gasteiger partial charge >= 0.3 is 5.97 Å². The van der Waals surface area contributed by atoms with Crippen LogP contribution in [0.4, 0.5) is 0 Å². The van der Waals surface area contributed by atoms with Gasteiger partial charge in [-0.1, -0.05) is 41.2 Å². The molecule has 0 aliphatic carbocycles. The monoisotopic (exact) mass is 227 g/mol. The molecule has 1 radical (unpaired) electrons. The van der Waals surface area contributed by atoms with Crippen LogP contribution in [0, 0.1) is 5.92 Å². The van der Waals surface area contributed by atoms with Crippen molar-refractivity contribution in [3.63, 3.8) is 0 Å². The van der Waals surface area contributed by atoms with Gasteiger partial charge in [0.15, 0.2) is 0 Å². The smallest absolute Gasteiger partial charge is 0.319 e. The van der Waals surface area contributed by atoms with Crippen molar-refractivity contribution in [1.29, 1.82) is 0 Å². The molecule has 0 aliphatic rings. The Kier molecular flexibility index (Phi) is 5.28. The van der Waals surface area contributed by atoms with E-state index in [4.69, 9.17) is 4.43 Å². The molecule has 0 unspecified atom stereocenters. The van der Waals surface area contributed by atoms with E-state index in [1.807, 2.05) is 0 Å². The molecule has 0 aromatic rings. The standard InChI is InChI=1S/C12H23O2Si/c1-9(2)8-15(12(5,6)7)14-11(13)10(3)4/h9H,3,8H2,1-2,4-7H3. The maximum atomic E-state index is 11.5. The third-order valence-electron chi connectivity index (χ3n) is 1.99. The van der Waals surface area contributed by atoms with Gasteiger partial charge in [-0.25, -0.2) is 4.79 Å². The van der Waals surface area contributed by atoms with Gasteiger partial charge in [0.05, 0.1) is 0 Å². The molecule has 87 valence electrons. The minimum Gasteiger partial charge on any atom is -0.514 e. The van der Waals surface area contributed by atoms with Crippen molar-refractivity contribution in [3.05, 3.63) is 12.2 Å². The molecular formula is C12H23O2Si. The van der Waals surface area contributed by atoms with Crippen molar-refractivity contribution in [1.82, 2.24) is 0 Å². The van der Waals surface area contributed by atoms with Crippen LogP contribution in [0.2, 0.25) is 11.1 Å². The summed E-state index contributed by atoms with van der Waals surface area (Å²) < 4.78 is 5.55. The van der Waals surface area contributed by atoms with Gasteiger partial charge in [0.2, 0.25) is 0 Å². The van der Waals surface area contributed by atoms with Crippen LogP contribution in [-0.4, -0.2) is 15.0 Å². The van der Waals surface area contributed by atoms with Crippen LogP contribution in [0.1, 0.15) is 41.5 Å². The molecule has 0 aromatic heterocycles. The second-order valence-electron chi connectivity index (χ2n) is 5.44. The van der Waals surface area contributed by atoms with Crippen LogP contribution >= 0.6 is 0 Å². The summed E-state index contributed by atoms with van der Waals surface area (Å²) in [7, 11) is -1.11. The molecule has 0 rings (SSSR count). The highest BCUT2D eigenvalue weighted by Gasteiger charge is 2.33. The van der Waals surface area contributed by atoms with Crippen molar-refractivity contribution in [2.75, 3.05) is 0 Å². The fourth-order valence-electron chi connectivity index (χ4n) is 1.07. The highest BCUT2D eigenvalue weighted by Crippen LogP contribution is 2.32. The van der Waals surface area contributed by atoms with Gasteiger partial charge in [0, 0.05) is 5.57 Å². The lowest BCUT2D eigenvalue weighted by Gasteiger charge is -2.28. The minimum absolute atomic E-state index is 0.0834. The van der Waals surface area contributed by atoms with Gasteiger partial charge in [-0.3, -0.25) is 0 Å². The predicted octanol–water partition coefficient (Wildman–Crippen LogP) is 3.55. The highest BCUT2D eigenvalue weighted by atomic mass is 28.3. The Balaban J connectivity index is 4.52. The Bertz CT molecular complexity index is 238. The van der Waals surface area contributed by atoms with E-state index in [-0.39, 0.29) is 11.0 Å². The Morgan fingerprint density at radius 1 is 1.40 bits per heavy atom. The summed E-state index contributed by atoms with van der Waals surface area (Å²) in [5.41, 5.74) is 0.491. The van der Waals surface area contributed by atoms with Gasteiger partial charge in [-0.2, -0.15) is 0 Å². The Hall–Kier alpha value is -0.573. The maximum absolute atomic E-state index is 11.5. The van der Waals surface area contributed by atoms with E-state index < -0.39 is 9.04 Å². The molecule has 0 fully saturated rings. The lowest BCUT2D eigenvalue weighted by Crippen LogP contribution is -2.33. The van der Waals surface area contributed by atoms with Crippen LogP contribution in [0.25, 0.3) is 0 Å². The van der Waals surface area contributed by atoms with E-state index in [1.165, 1.54) is 0 Å². The van der Waals surface area contributed by atoms with Crippen LogP contribution < -0.4 is 0 Å². The van der Waals surface area contributed by atoms with Crippen molar-refractivity contribution in [2.45, 2.75) is 52.6 Å². The lowest BCUT2D eigenvalue weighted by molar-refractivity contribution is -0.130. The lowest BCUT2D eigenvalue weighted by atomic mass is 10.2. The van der Waals surface area contributed by atoms with Crippen LogP contribution in [0.3, 0.4) is 0 Å². The largest absolute Gasteiger partial charge is 0.514 e. The van der Waals surface area contributed by atoms with Gasteiger partial charge in [-0.15, -0.1) is 0 Å². The molecule has 0 atom stereocenters. The summed E-state index contributed by atoms with van der Waals surface area (Å²) in [6.07, 6.45) is 0. The first-order chi connectivity index (χ1) is 6.64. The van der Waals surface area contributed by atoms with Gasteiger partial charge in [-0.05, 0) is 23.9 Å². The molecule has 0 heterocycles. The molecule has 0 bridgehead atoms. The predicted molar refractivity (Wildman–Crippen MR) is 66.0 cm³/mol. The number of carbonyl (C=O) groups excluding carboxylic acids is 1. The minimum atomic E-state index is -1.11. The number of hydrogen-bond donors (Lipinski definition) is 0. The van der Waals surface area contributed by atoms with E-state index in [0.717, 1.165) is 6.04 Å². The Morgan fingerprint density at radius 2 is 1.87 bits per heavy atom. The van der Waals surface area contributed by atoms with Gasteiger partial charge in [0.25, 0.3) is 9.04 Å². The molecular weight excluding hydrogens is 204 g/mol. The van der Waals surface area contributed by atoms with Gasteiger partial charge in [0.1, 0.15) is 0 Å². The second-order valence-corrected chi connectivity index (χ2v) is 8.40. The topological polar surface area (TPSA) is 26.3 Å². The van der Waals surface area contributed by atoms with Crippen LogP contribution in [-0.2, 0) is 9.22 Å². The van der Waals surface area contributed by atoms with E-state index >= 15 is 0 Å². The fraction of sp³-hybridized carbons (Fsp3) is 0.750. The van der Waals surface area contributed by atoms with Crippen molar-refractivity contribution >= 4 is 15.0 Å². The Labute approximate surface area is 95.4 Å². The third kappa shape index (κ3) is 5.77. The van der Waals surface area contributed by atoms with Crippen LogP contribution in [0.15, 0.2) is 12.2 Å². The first-order valence-electron chi connectivity index (χ1n) is 5.38. The van der Waals surface area contributed by atoms with Crippen LogP contribution in [0.5, 0.6) is 0 Å². The Morgan fingerprint density at radius 3 is 2.13 bits per heavy atom. The first kappa shape index (κ1) is 14.4. The molecule has 0 amide bonds. The summed E-state index contributed by atoms with van der Waals surface area (Å²) in [6.45, 7) is 16.0. The summed E-state index contributed by atoms with van der Waals surface area (Å²) in [5.74, 6) is 0.329. The fourth-order valence-corrected chi connectivity index (χ4v) is 3.21. The third-order valence-corrected chi connectivity index (χ3v) is 5.29. The van der Waals surface area contributed by atoms with E-state index in [2.05, 4.69) is 41.2 Å². The van der Waals surface area contributed by atoms with Crippen molar-refractivity contribution in [2.24, 2.45) is 5.92 Å². The zero-order chi connectivity index (χ0) is 12.2. The number of carbonyl (C=O) groups is 1. The molecule has 15 heavy (non-hydrogen) atoms. The summed E-state index contributed by atoms with van der Waals surface area (Å²) in [4.78, 5) is 11.5. The molecule has 3 heteroatoms. The molecule has 0 saturated heterocycles. The zero-order valence-corrected chi connectivity index (χ0v) is 11.8. The van der Waals surface area contributed by atoms with Crippen molar-refractivity contribution < 1.29 is 9.22 Å². The SMILES string of the molecule is C=C(C)C(=O)O[Si](CC(C)C)C(C)(C)C. The van der Waals surface area contributed by atoms with E-state index in [0.29, 0.717) is 11.5 Å². The molecule has 0 spiro atoms. The molecule has 2 nitrogen and oxygen atoms in total. The average Bonchev–Trinajstić information content (AvgIpc) is 2.00. The summed E-state index contributed by atoms with van der Waals surface area (Å²) >= 11 is 0. The number of hydrogen-bond acceptors (Lipinski definition) is 2. The molecule has 0 aromatic carbocycles. The van der Waals surface area contributed by atoms with E-state index in [1.54, 1.807) is 6.92 Å². The molecule has 0 saturated carbocycles. The zero-order valence-electron chi connectivity index (χ0n) is 10.8. The normalized spacial score (nSPS) is 12.0. The quantitative estimate of drug-likeness (QED) is 0.542. The number of rotatable bonds is 4. The molecule has 0 aliphatic heterocycles. The van der Waals surface area contributed by atoms with Gasteiger partial charge < -0.3 is 4.43 Å². The first-order valence-corrected chi connectivity index (χ1v) is 7.00. The van der Waals surface area contributed by atoms with E-state index in [9.17, 15) is 4.79 Å². The second kappa shape index (κ2) is 5.49. The summed E-state index contributed by atoms with van der Waals surface area (Å²) in [6, 6.07) is 0.993. The average molecular weight is 227 g/mol. The maximum Gasteiger partial charge on any atom is 0.319 e.